The Morgan fingerprint density at radius 3 is 2.32 bits per heavy atom. The minimum atomic E-state index is -1.43. The summed E-state index contributed by atoms with van der Waals surface area (Å²) in [4.78, 5) is 23.4. The van der Waals surface area contributed by atoms with Crippen molar-refractivity contribution >= 4 is 12.0 Å². The summed E-state index contributed by atoms with van der Waals surface area (Å²) in [6.45, 7) is 3.42. The highest BCUT2D eigenvalue weighted by atomic mass is 16.4. The van der Waals surface area contributed by atoms with E-state index in [4.69, 9.17) is 0 Å². The standard InChI is InChI=1S/C14H18N2O3/c1-13(8-9-13)15-12(19)16-14(2,11(17)18)10-6-4-3-5-7-10/h3-7H,8-9H2,1-2H3,(H,17,18)(H2,15,16,19). The van der Waals surface area contributed by atoms with Crippen LogP contribution in [0.4, 0.5) is 4.79 Å². The SMILES string of the molecule is CC1(NC(=O)NC(C)(C(=O)O)c2ccccc2)CC1. The number of nitrogens with one attached hydrogen (secondary N) is 2. The van der Waals surface area contributed by atoms with Gasteiger partial charge in [0.15, 0.2) is 5.54 Å². The second-order valence-electron chi connectivity index (χ2n) is 5.44. The zero-order chi connectivity index (χ0) is 14.1. The lowest BCUT2D eigenvalue weighted by Gasteiger charge is -2.27. The van der Waals surface area contributed by atoms with Crippen molar-refractivity contribution in [1.29, 1.82) is 0 Å². The number of carbonyl (C=O) groups is 2. The van der Waals surface area contributed by atoms with Crippen molar-refractivity contribution < 1.29 is 14.7 Å². The quantitative estimate of drug-likeness (QED) is 0.774. The van der Waals surface area contributed by atoms with Gasteiger partial charge in [-0.15, -0.1) is 0 Å². The number of aliphatic carboxylic acids is 1. The molecule has 1 aliphatic carbocycles. The highest BCUT2D eigenvalue weighted by Crippen LogP contribution is 2.34. The molecule has 1 atom stereocenters. The molecule has 1 unspecified atom stereocenters. The molecule has 5 nitrogen and oxygen atoms in total. The minimum Gasteiger partial charge on any atom is -0.479 e. The van der Waals surface area contributed by atoms with Crippen LogP contribution in [0.3, 0.4) is 0 Å². The molecule has 0 spiro atoms. The lowest BCUT2D eigenvalue weighted by molar-refractivity contribution is -0.144. The van der Waals surface area contributed by atoms with Gasteiger partial charge in [-0.1, -0.05) is 30.3 Å². The molecule has 3 N–H and O–H groups in total. The highest BCUT2D eigenvalue weighted by Gasteiger charge is 2.42. The van der Waals surface area contributed by atoms with Crippen molar-refractivity contribution in [3.63, 3.8) is 0 Å². The van der Waals surface area contributed by atoms with Crippen LogP contribution in [-0.2, 0) is 10.3 Å². The first-order valence-corrected chi connectivity index (χ1v) is 6.25. The number of hydrogen-bond acceptors (Lipinski definition) is 2. The van der Waals surface area contributed by atoms with Crippen LogP contribution in [0.15, 0.2) is 30.3 Å². The molecule has 1 fully saturated rings. The average molecular weight is 262 g/mol. The summed E-state index contributed by atoms with van der Waals surface area (Å²) < 4.78 is 0. The number of carbonyl (C=O) groups excluding carboxylic acids is 1. The summed E-state index contributed by atoms with van der Waals surface area (Å²) in [6, 6.07) is 8.22. The van der Waals surface area contributed by atoms with Gasteiger partial charge in [0.2, 0.25) is 0 Å². The van der Waals surface area contributed by atoms with Gasteiger partial charge in [0.05, 0.1) is 0 Å². The lowest BCUT2D eigenvalue weighted by Crippen LogP contribution is -2.54. The lowest BCUT2D eigenvalue weighted by atomic mass is 9.92. The number of carboxylic acids is 1. The van der Waals surface area contributed by atoms with Crippen LogP contribution in [-0.4, -0.2) is 22.6 Å². The molecular weight excluding hydrogens is 244 g/mol. The van der Waals surface area contributed by atoms with E-state index in [0.29, 0.717) is 5.56 Å². The van der Waals surface area contributed by atoms with E-state index in [2.05, 4.69) is 10.6 Å². The van der Waals surface area contributed by atoms with Crippen molar-refractivity contribution in [2.24, 2.45) is 0 Å². The molecule has 0 aliphatic heterocycles. The Hall–Kier alpha value is -2.04. The first kappa shape index (κ1) is 13.4. The molecular formula is C14H18N2O3. The first-order chi connectivity index (χ1) is 8.86. The van der Waals surface area contributed by atoms with Crippen LogP contribution in [0.1, 0.15) is 32.3 Å². The fourth-order valence-electron chi connectivity index (χ4n) is 1.87. The second-order valence-corrected chi connectivity index (χ2v) is 5.44. The number of urea groups is 1. The Bertz CT molecular complexity index is 497. The summed E-state index contributed by atoms with van der Waals surface area (Å²) in [5.74, 6) is -1.09. The fraction of sp³-hybridized carbons (Fsp3) is 0.429. The molecule has 5 heteroatoms. The molecule has 0 aromatic heterocycles. The van der Waals surface area contributed by atoms with E-state index < -0.39 is 17.5 Å². The molecule has 0 radical (unpaired) electrons. The number of carboxylic acid groups (broad SMARTS) is 1. The molecule has 1 saturated carbocycles. The molecule has 1 aliphatic rings. The number of hydrogen-bond donors (Lipinski definition) is 3. The van der Waals surface area contributed by atoms with Crippen molar-refractivity contribution in [3.05, 3.63) is 35.9 Å². The van der Waals surface area contributed by atoms with Gasteiger partial charge in [0.25, 0.3) is 0 Å². The molecule has 19 heavy (non-hydrogen) atoms. The average Bonchev–Trinajstić information content (AvgIpc) is 3.07. The van der Waals surface area contributed by atoms with Crippen LogP contribution in [0.25, 0.3) is 0 Å². The van der Waals surface area contributed by atoms with E-state index in [1.807, 2.05) is 6.92 Å². The highest BCUT2D eigenvalue weighted by molar-refractivity contribution is 5.87. The van der Waals surface area contributed by atoms with Gasteiger partial charge in [0, 0.05) is 5.54 Å². The summed E-state index contributed by atoms with van der Waals surface area (Å²) in [7, 11) is 0. The van der Waals surface area contributed by atoms with E-state index in [0.717, 1.165) is 12.8 Å². The van der Waals surface area contributed by atoms with E-state index in [1.165, 1.54) is 6.92 Å². The fourth-order valence-corrected chi connectivity index (χ4v) is 1.87. The Kier molecular flexibility index (Phi) is 3.22. The maximum Gasteiger partial charge on any atom is 0.333 e. The van der Waals surface area contributed by atoms with E-state index >= 15 is 0 Å². The van der Waals surface area contributed by atoms with Gasteiger partial charge < -0.3 is 15.7 Å². The van der Waals surface area contributed by atoms with Crippen LogP contribution in [0, 0.1) is 0 Å². The van der Waals surface area contributed by atoms with Crippen LogP contribution < -0.4 is 10.6 Å². The number of amides is 2. The van der Waals surface area contributed by atoms with Crippen molar-refractivity contribution in [2.45, 2.75) is 37.8 Å². The van der Waals surface area contributed by atoms with Gasteiger partial charge in [-0.05, 0) is 32.3 Å². The van der Waals surface area contributed by atoms with Gasteiger partial charge in [-0.3, -0.25) is 0 Å². The zero-order valence-electron chi connectivity index (χ0n) is 11.1. The largest absolute Gasteiger partial charge is 0.479 e. The van der Waals surface area contributed by atoms with Crippen molar-refractivity contribution in [1.82, 2.24) is 10.6 Å². The predicted octanol–water partition coefficient (Wildman–Crippen LogP) is 1.84. The summed E-state index contributed by atoms with van der Waals surface area (Å²) in [6.07, 6.45) is 1.85. The summed E-state index contributed by atoms with van der Waals surface area (Å²) in [5, 5.41) is 14.8. The first-order valence-electron chi connectivity index (χ1n) is 6.25. The Labute approximate surface area is 112 Å². The number of rotatable bonds is 4. The summed E-state index contributed by atoms with van der Waals surface area (Å²) >= 11 is 0. The van der Waals surface area contributed by atoms with E-state index in [-0.39, 0.29) is 5.54 Å². The maximum atomic E-state index is 11.9. The third-order valence-corrected chi connectivity index (χ3v) is 3.56. The van der Waals surface area contributed by atoms with Gasteiger partial charge in [-0.25, -0.2) is 9.59 Å². The van der Waals surface area contributed by atoms with Gasteiger partial charge >= 0.3 is 12.0 Å². The van der Waals surface area contributed by atoms with Crippen molar-refractivity contribution in [3.8, 4) is 0 Å². The van der Waals surface area contributed by atoms with Crippen LogP contribution in [0.5, 0.6) is 0 Å². The van der Waals surface area contributed by atoms with Gasteiger partial charge in [0.1, 0.15) is 0 Å². The number of benzene rings is 1. The molecule has 0 bridgehead atoms. The molecule has 102 valence electrons. The Morgan fingerprint density at radius 1 is 1.26 bits per heavy atom. The smallest absolute Gasteiger partial charge is 0.333 e. The van der Waals surface area contributed by atoms with Crippen LogP contribution in [0.2, 0.25) is 0 Å². The summed E-state index contributed by atoms with van der Waals surface area (Å²) in [5.41, 5.74) is -1.07. The Balaban J connectivity index is 2.16. The minimum absolute atomic E-state index is 0.180. The topological polar surface area (TPSA) is 78.4 Å². The third-order valence-electron chi connectivity index (χ3n) is 3.56. The zero-order valence-corrected chi connectivity index (χ0v) is 11.1. The van der Waals surface area contributed by atoms with Crippen LogP contribution >= 0.6 is 0 Å². The Morgan fingerprint density at radius 2 is 1.84 bits per heavy atom. The van der Waals surface area contributed by atoms with E-state index in [9.17, 15) is 14.7 Å². The molecule has 2 rings (SSSR count). The monoisotopic (exact) mass is 262 g/mol. The van der Waals surface area contributed by atoms with E-state index in [1.54, 1.807) is 30.3 Å². The molecule has 1 aromatic carbocycles. The predicted molar refractivity (Wildman–Crippen MR) is 70.7 cm³/mol. The second kappa shape index (κ2) is 4.57. The third kappa shape index (κ3) is 2.86. The molecule has 0 saturated heterocycles. The normalized spacial score (nSPS) is 19.1. The van der Waals surface area contributed by atoms with Gasteiger partial charge in [-0.2, -0.15) is 0 Å². The molecule has 1 aromatic rings. The maximum absolute atomic E-state index is 11.9. The van der Waals surface area contributed by atoms with Crippen molar-refractivity contribution in [2.75, 3.05) is 0 Å². The molecule has 2 amide bonds. The molecule has 0 heterocycles.